The van der Waals surface area contributed by atoms with Crippen molar-refractivity contribution in [2.24, 2.45) is 0 Å². The van der Waals surface area contributed by atoms with E-state index in [-0.39, 0.29) is 6.10 Å². The van der Waals surface area contributed by atoms with Crippen LogP contribution in [0.15, 0.2) is 36.9 Å². The molecule has 1 fully saturated rings. The third-order valence-corrected chi connectivity index (χ3v) is 2.91. The SMILES string of the molecule is C=C(c1ccccc1)[C@@H]1O[C@@H]1CCCC. The molecule has 0 saturated carbocycles. The van der Waals surface area contributed by atoms with Gasteiger partial charge in [0, 0.05) is 0 Å². The van der Waals surface area contributed by atoms with Crippen LogP contribution >= 0.6 is 0 Å². The average Bonchev–Trinajstić information content (AvgIpc) is 3.06. The molecule has 2 atom stereocenters. The highest BCUT2D eigenvalue weighted by Crippen LogP contribution is 2.36. The topological polar surface area (TPSA) is 12.5 Å². The van der Waals surface area contributed by atoms with E-state index in [1.165, 1.54) is 24.8 Å². The normalized spacial score (nSPS) is 23.8. The first-order chi connectivity index (χ1) is 7.33. The molecule has 1 aliphatic heterocycles. The Morgan fingerprint density at radius 2 is 2.07 bits per heavy atom. The van der Waals surface area contributed by atoms with Crippen LogP contribution < -0.4 is 0 Å². The first kappa shape index (κ1) is 10.4. The highest BCUT2D eigenvalue weighted by Gasteiger charge is 2.40. The molecule has 0 N–H and O–H groups in total. The van der Waals surface area contributed by atoms with Gasteiger partial charge in [0.2, 0.25) is 0 Å². The Labute approximate surface area is 91.8 Å². The average molecular weight is 202 g/mol. The minimum Gasteiger partial charge on any atom is -0.365 e. The van der Waals surface area contributed by atoms with Crippen LogP contribution in [0, 0.1) is 0 Å². The van der Waals surface area contributed by atoms with Crippen LogP contribution in [0.25, 0.3) is 5.57 Å². The first-order valence-electron chi connectivity index (χ1n) is 5.72. The lowest BCUT2D eigenvalue weighted by atomic mass is 10.0. The predicted octanol–water partition coefficient (Wildman–Crippen LogP) is 3.66. The van der Waals surface area contributed by atoms with Crippen LogP contribution in [-0.2, 0) is 4.74 Å². The first-order valence-corrected chi connectivity index (χ1v) is 5.72. The highest BCUT2D eigenvalue weighted by atomic mass is 16.6. The van der Waals surface area contributed by atoms with Crippen molar-refractivity contribution >= 4 is 5.57 Å². The maximum Gasteiger partial charge on any atom is 0.109 e. The minimum atomic E-state index is 0.277. The van der Waals surface area contributed by atoms with Crippen molar-refractivity contribution < 1.29 is 4.74 Å². The Balaban J connectivity index is 1.89. The summed E-state index contributed by atoms with van der Waals surface area (Å²) >= 11 is 0. The van der Waals surface area contributed by atoms with Gasteiger partial charge in [-0.3, -0.25) is 0 Å². The number of ether oxygens (including phenoxy) is 1. The van der Waals surface area contributed by atoms with Crippen LogP contribution in [0.1, 0.15) is 31.7 Å². The molecule has 0 bridgehead atoms. The molecule has 1 saturated heterocycles. The van der Waals surface area contributed by atoms with E-state index >= 15 is 0 Å². The number of benzene rings is 1. The van der Waals surface area contributed by atoms with E-state index in [9.17, 15) is 0 Å². The maximum atomic E-state index is 5.64. The molecule has 1 aromatic rings. The summed E-state index contributed by atoms with van der Waals surface area (Å²) in [4.78, 5) is 0. The molecule has 0 spiro atoms. The zero-order valence-electron chi connectivity index (χ0n) is 9.28. The van der Waals surface area contributed by atoms with Gasteiger partial charge in [0.1, 0.15) is 6.10 Å². The largest absolute Gasteiger partial charge is 0.365 e. The highest BCUT2D eigenvalue weighted by molar-refractivity contribution is 5.69. The lowest BCUT2D eigenvalue weighted by molar-refractivity contribution is 0.377. The van der Waals surface area contributed by atoms with E-state index in [2.05, 4.69) is 25.6 Å². The molecule has 2 rings (SSSR count). The van der Waals surface area contributed by atoms with Gasteiger partial charge in [-0.2, -0.15) is 0 Å². The van der Waals surface area contributed by atoms with Crippen molar-refractivity contribution in [3.8, 4) is 0 Å². The van der Waals surface area contributed by atoms with E-state index < -0.39 is 0 Å². The molecule has 0 aliphatic carbocycles. The standard InChI is InChI=1S/C14H18O/c1-3-4-10-13-14(15-13)11(2)12-8-6-5-7-9-12/h5-9,13-14H,2-4,10H2,1H3/t13-,14+/m1/s1. The fourth-order valence-corrected chi connectivity index (χ4v) is 1.89. The number of hydrogen-bond acceptors (Lipinski definition) is 1. The molecule has 1 heteroatoms. The van der Waals surface area contributed by atoms with E-state index in [1.54, 1.807) is 0 Å². The molecule has 1 heterocycles. The number of epoxide rings is 1. The van der Waals surface area contributed by atoms with E-state index in [0.29, 0.717) is 6.10 Å². The number of unbranched alkanes of at least 4 members (excludes halogenated alkanes) is 1. The summed E-state index contributed by atoms with van der Waals surface area (Å²) in [6, 6.07) is 10.3. The Morgan fingerprint density at radius 3 is 2.73 bits per heavy atom. The summed E-state index contributed by atoms with van der Waals surface area (Å²) in [6.45, 7) is 6.33. The molecule has 80 valence electrons. The molecule has 1 aliphatic rings. The summed E-state index contributed by atoms with van der Waals surface area (Å²) in [7, 11) is 0. The Hall–Kier alpha value is -1.08. The molecular formula is C14H18O. The zero-order valence-corrected chi connectivity index (χ0v) is 9.28. The fourth-order valence-electron chi connectivity index (χ4n) is 1.89. The van der Waals surface area contributed by atoms with Gasteiger partial charge in [-0.25, -0.2) is 0 Å². The lowest BCUT2D eigenvalue weighted by Crippen LogP contribution is -1.96. The van der Waals surface area contributed by atoms with Crippen molar-refractivity contribution in [1.82, 2.24) is 0 Å². The van der Waals surface area contributed by atoms with Gasteiger partial charge in [0.05, 0.1) is 6.10 Å². The van der Waals surface area contributed by atoms with Crippen molar-refractivity contribution in [2.75, 3.05) is 0 Å². The van der Waals surface area contributed by atoms with Crippen LogP contribution in [0.2, 0.25) is 0 Å². The molecular weight excluding hydrogens is 184 g/mol. The van der Waals surface area contributed by atoms with Crippen LogP contribution in [0.5, 0.6) is 0 Å². The van der Waals surface area contributed by atoms with Gasteiger partial charge in [-0.1, -0.05) is 56.7 Å². The van der Waals surface area contributed by atoms with Crippen LogP contribution in [0.4, 0.5) is 0 Å². The van der Waals surface area contributed by atoms with Gasteiger partial charge in [-0.15, -0.1) is 0 Å². The molecule has 1 nitrogen and oxygen atoms in total. The Morgan fingerprint density at radius 1 is 1.33 bits per heavy atom. The summed E-state index contributed by atoms with van der Waals surface area (Å²) in [5.74, 6) is 0. The molecule has 1 aromatic carbocycles. The Bertz CT molecular complexity index is 328. The Kier molecular flexibility index (Phi) is 3.22. The third-order valence-electron chi connectivity index (χ3n) is 2.91. The fraction of sp³-hybridized carbons (Fsp3) is 0.429. The van der Waals surface area contributed by atoms with Crippen molar-refractivity contribution in [3.05, 3.63) is 42.5 Å². The van der Waals surface area contributed by atoms with Gasteiger partial charge in [-0.05, 0) is 17.6 Å². The van der Waals surface area contributed by atoms with E-state index in [1.807, 2.05) is 18.2 Å². The van der Waals surface area contributed by atoms with Crippen molar-refractivity contribution in [1.29, 1.82) is 0 Å². The van der Waals surface area contributed by atoms with Crippen LogP contribution in [-0.4, -0.2) is 12.2 Å². The molecule has 15 heavy (non-hydrogen) atoms. The summed E-state index contributed by atoms with van der Waals surface area (Å²) in [5, 5.41) is 0. The van der Waals surface area contributed by atoms with Gasteiger partial charge >= 0.3 is 0 Å². The predicted molar refractivity (Wildman–Crippen MR) is 63.7 cm³/mol. The molecule has 0 aromatic heterocycles. The quantitative estimate of drug-likeness (QED) is 0.664. The van der Waals surface area contributed by atoms with Gasteiger partial charge in [0.25, 0.3) is 0 Å². The van der Waals surface area contributed by atoms with Crippen LogP contribution in [0.3, 0.4) is 0 Å². The van der Waals surface area contributed by atoms with E-state index in [0.717, 1.165) is 5.57 Å². The zero-order chi connectivity index (χ0) is 10.7. The second-order valence-corrected chi connectivity index (χ2v) is 4.13. The van der Waals surface area contributed by atoms with Crippen molar-refractivity contribution in [3.63, 3.8) is 0 Å². The summed E-state index contributed by atoms with van der Waals surface area (Å²) in [5.41, 5.74) is 2.35. The molecule has 0 radical (unpaired) electrons. The monoisotopic (exact) mass is 202 g/mol. The minimum absolute atomic E-state index is 0.277. The lowest BCUT2D eigenvalue weighted by Gasteiger charge is -2.01. The second kappa shape index (κ2) is 4.63. The van der Waals surface area contributed by atoms with E-state index in [4.69, 9.17) is 4.74 Å². The number of rotatable bonds is 5. The van der Waals surface area contributed by atoms with Crippen molar-refractivity contribution in [2.45, 2.75) is 38.4 Å². The second-order valence-electron chi connectivity index (χ2n) is 4.13. The molecule has 0 amide bonds. The summed E-state index contributed by atoms with van der Waals surface area (Å²) in [6.07, 6.45) is 4.37. The number of hydrogen-bond donors (Lipinski definition) is 0. The molecule has 0 unspecified atom stereocenters. The maximum absolute atomic E-state index is 5.64. The van der Waals surface area contributed by atoms with Gasteiger partial charge in [0.15, 0.2) is 0 Å². The smallest absolute Gasteiger partial charge is 0.109 e. The van der Waals surface area contributed by atoms with Gasteiger partial charge < -0.3 is 4.74 Å². The summed E-state index contributed by atoms with van der Waals surface area (Å²) < 4.78 is 5.64. The third kappa shape index (κ3) is 2.48.